The Labute approximate surface area is 155 Å². The molecule has 1 aliphatic heterocycles. The third-order valence-corrected chi connectivity index (χ3v) is 5.23. The minimum atomic E-state index is -0.729. The average Bonchev–Trinajstić information content (AvgIpc) is 3.21. The summed E-state index contributed by atoms with van der Waals surface area (Å²) in [6.45, 7) is 3.91. The predicted octanol–water partition coefficient (Wildman–Crippen LogP) is 3.62. The SMILES string of the molecule is COC(=O)N1c2ccccc2-n2cnc(-c3noc(C4CC4)n3)c2C1(C)C. The van der Waals surface area contributed by atoms with Crippen LogP contribution in [0.15, 0.2) is 35.1 Å². The van der Waals surface area contributed by atoms with E-state index in [9.17, 15) is 4.79 Å². The van der Waals surface area contributed by atoms with Crippen molar-refractivity contribution in [2.75, 3.05) is 12.0 Å². The molecule has 8 heteroatoms. The summed E-state index contributed by atoms with van der Waals surface area (Å²) < 4.78 is 12.5. The first kappa shape index (κ1) is 16.0. The van der Waals surface area contributed by atoms with Crippen LogP contribution in [-0.2, 0) is 10.3 Å². The van der Waals surface area contributed by atoms with E-state index in [1.165, 1.54) is 7.11 Å². The van der Waals surface area contributed by atoms with Crippen LogP contribution in [0.25, 0.3) is 17.2 Å². The van der Waals surface area contributed by atoms with Crippen LogP contribution in [0.4, 0.5) is 10.5 Å². The van der Waals surface area contributed by atoms with E-state index >= 15 is 0 Å². The highest BCUT2D eigenvalue weighted by Gasteiger charge is 2.45. The molecule has 0 bridgehead atoms. The molecular formula is C19H19N5O3. The zero-order chi connectivity index (χ0) is 18.8. The number of imidazole rings is 1. The summed E-state index contributed by atoms with van der Waals surface area (Å²) in [5.74, 6) is 1.47. The summed E-state index contributed by atoms with van der Waals surface area (Å²) in [7, 11) is 1.38. The van der Waals surface area contributed by atoms with Crippen LogP contribution in [0.2, 0.25) is 0 Å². The highest BCUT2D eigenvalue weighted by atomic mass is 16.5. The van der Waals surface area contributed by atoms with E-state index < -0.39 is 11.6 Å². The van der Waals surface area contributed by atoms with Crippen molar-refractivity contribution in [3.63, 3.8) is 0 Å². The standard InChI is InChI=1S/C19H19N5O3/c1-19(2)15-14(16-21-17(27-22-16)11-8-9-11)20-10-23(15)12-6-4-5-7-13(12)24(19)18(25)26-3/h4-7,10-11H,8-9H2,1-3H3. The Hall–Kier alpha value is -3.16. The zero-order valence-electron chi connectivity index (χ0n) is 15.3. The molecule has 0 atom stereocenters. The highest BCUT2D eigenvalue weighted by Crippen LogP contribution is 2.46. The molecule has 27 heavy (non-hydrogen) atoms. The molecule has 3 heterocycles. The number of benzene rings is 1. The van der Waals surface area contributed by atoms with E-state index in [-0.39, 0.29) is 0 Å². The second-order valence-corrected chi connectivity index (χ2v) is 7.40. The van der Waals surface area contributed by atoms with Crippen molar-refractivity contribution in [1.82, 2.24) is 19.7 Å². The Morgan fingerprint density at radius 3 is 2.70 bits per heavy atom. The summed E-state index contributed by atoms with van der Waals surface area (Å²) in [5, 5.41) is 4.14. The van der Waals surface area contributed by atoms with Gasteiger partial charge in [0.2, 0.25) is 11.7 Å². The molecule has 0 N–H and O–H groups in total. The van der Waals surface area contributed by atoms with Crippen molar-refractivity contribution in [3.05, 3.63) is 42.2 Å². The number of hydrogen-bond acceptors (Lipinski definition) is 6. The Balaban J connectivity index is 1.73. The molecule has 1 aliphatic carbocycles. The van der Waals surface area contributed by atoms with Gasteiger partial charge in [-0.05, 0) is 38.8 Å². The van der Waals surface area contributed by atoms with Crippen LogP contribution < -0.4 is 4.90 Å². The van der Waals surface area contributed by atoms with Gasteiger partial charge in [0.05, 0.1) is 29.7 Å². The summed E-state index contributed by atoms with van der Waals surface area (Å²) in [5.41, 5.74) is 2.31. The summed E-state index contributed by atoms with van der Waals surface area (Å²) in [4.78, 5) is 23.4. The van der Waals surface area contributed by atoms with Crippen molar-refractivity contribution in [1.29, 1.82) is 0 Å². The lowest BCUT2D eigenvalue weighted by Gasteiger charge is -2.42. The predicted molar refractivity (Wildman–Crippen MR) is 96.7 cm³/mol. The molecule has 1 fully saturated rings. The van der Waals surface area contributed by atoms with Crippen LogP contribution in [0, 0.1) is 0 Å². The molecule has 0 saturated heterocycles. The van der Waals surface area contributed by atoms with E-state index in [1.54, 1.807) is 11.2 Å². The molecule has 138 valence electrons. The van der Waals surface area contributed by atoms with Gasteiger partial charge in [-0.3, -0.25) is 9.47 Å². The molecule has 2 aromatic heterocycles. The monoisotopic (exact) mass is 365 g/mol. The van der Waals surface area contributed by atoms with Crippen molar-refractivity contribution < 1.29 is 14.1 Å². The zero-order valence-corrected chi connectivity index (χ0v) is 15.3. The molecular weight excluding hydrogens is 346 g/mol. The fourth-order valence-electron chi connectivity index (χ4n) is 3.79. The molecule has 0 spiro atoms. The van der Waals surface area contributed by atoms with Gasteiger partial charge >= 0.3 is 6.09 Å². The molecule has 0 radical (unpaired) electrons. The normalized spacial score (nSPS) is 17.4. The van der Waals surface area contributed by atoms with Gasteiger partial charge < -0.3 is 9.26 Å². The van der Waals surface area contributed by atoms with Gasteiger partial charge in [0.25, 0.3) is 0 Å². The van der Waals surface area contributed by atoms with Crippen molar-refractivity contribution >= 4 is 11.8 Å². The molecule has 8 nitrogen and oxygen atoms in total. The number of carbonyl (C=O) groups excluding carboxylic acids is 1. The number of anilines is 1. The van der Waals surface area contributed by atoms with Gasteiger partial charge in [-0.1, -0.05) is 17.3 Å². The molecule has 1 amide bonds. The number of aromatic nitrogens is 4. The Morgan fingerprint density at radius 1 is 1.26 bits per heavy atom. The minimum Gasteiger partial charge on any atom is -0.452 e. The number of carbonyl (C=O) groups is 1. The van der Waals surface area contributed by atoms with E-state index in [0.717, 1.165) is 29.9 Å². The number of nitrogens with zero attached hydrogens (tertiary/aromatic N) is 5. The van der Waals surface area contributed by atoms with Gasteiger partial charge in [0, 0.05) is 5.92 Å². The second-order valence-electron chi connectivity index (χ2n) is 7.40. The van der Waals surface area contributed by atoms with E-state index in [2.05, 4.69) is 15.1 Å². The van der Waals surface area contributed by atoms with E-state index in [0.29, 0.717) is 23.3 Å². The van der Waals surface area contributed by atoms with Crippen molar-refractivity contribution in [2.45, 2.75) is 38.1 Å². The number of hydrogen-bond donors (Lipinski definition) is 0. The van der Waals surface area contributed by atoms with Gasteiger partial charge in [0.1, 0.15) is 12.0 Å². The first-order valence-corrected chi connectivity index (χ1v) is 8.91. The molecule has 2 aliphatic rings. The van der Waals surface area contributed by atoms with Crippen LogP contribution in [-0.4, -0.2) is 32.9 Å². The van der Waals surface area contributed by atoms with Crippen molar-refractivity contribution in [2.24, 2.45) is 0 Å². The van der Waals surface area contributed by atoms with E-state index in [4.69, 9.17) is 9.26 Å². The maximum atomic E-state index is 12.7. The Morgan fingerprint density at radius 2 is 2.00 bits per heavy atom. The maximum absolute atomic E-state index is 12.7. The number of fused-ring (bicyclic) bond motifs is 3. The van der Waals surface area contributed by atoms with Crippen molar-refractivity contribution in [3.8, 4) is 17.2 Å². The average molecular weight is 365 g/mol. The van der Waals surface area contributed by atoms with Crippen LogP contribution in [0.3, 0.4) is 0 Å². The smallest absolute Gasteiger partial charge is 0.414 e. The third kappa shape index (κ3) is 2.22. The second kappa shape index (κ2) is 5.42. The quantitative estimate of drug-likeness (QED) is 0.689. The largest absolute Gasteiger partial charge is 0.452 e. The number of rotatable bonds is 2. The third-order valence-electron chi connectivity index (χ3n) is 5.23. The number of ether oxygens (including phenoxy) is 1. The van der Waals surface area contributed by atoms with E-state index in [1.807, 2.05) is 42.7 Å². The molecule has 3 aromatic rings. The lowest BCUT2D eigenvalue weighted by molar-refractivity contribution is 0.170. The number of para-hydroxylation sites is 2. The summed E-state index contributed by atoms with van der Waals surface area (Å²) in [6.07, 6.45) is 3.47. The van der Waals surface area contributed by atoms with Crippen LogP contribution in [0.1, 0.15) is 44.2 Å². The molecule has 5 rings (SSSR count). The first-order chi connectivity index (χ1) is 13.0. The van der Waals surface area contributed by atoms with Gasteiger partial charge in [-0.15, -0.1) is 0 Å². The fraction of sp³-hybridized carbons (Fsp3) is 0.368. The lowest BCUT2D eigenvalue weighted by Crippen LogP contribution is -2.50. The first-order valence-electron chi connectivity index (χ1n) is 8.91. The fourth-order valence-corrected chi connectivity index (χ4v) is 3.79. The van der Waals surface area contributed by atoms with Gasteiger partial charge in [0.15, 0.2) is 0 Å². The van der Waals surface area contributed by atoms with Crippen LogP contribution >= 0.6 is 0 Å². The van der Waals surface area contributed by atoms with Crippen LogP contribution in [0.5, 0.6) is 0 Å². The molecule has 1 aromatic carbocycles. The topological polar surface area (TPSA) is 86.3 Å². The lowest BCUT2D eigenvalue weighted by atomic mass is 9.92. The van der Waals surface area contributed by atoms with Gasteiger partial charge in [-0.2, -0.15) is 4.98 Å². The maximum Gasteiger partial charge on any atom is 0.414 e. The molecule has 0 unspecified atom stereocenters. The Bertz CT molecular complexity index is 1050. The minimum absolute atomic E-state index is 0.366. The summed E-state index contributed by atoms with van der Waals surface area (Å²) >= 11 is 0. The highest BCUT2D eigenvalue weighted by molar-refractivity contribution is 5.94. The Kier molecular flexibility index (Phi) is 3.22. The summed E-state index contributed by atoms with van der Waals surface area (Å²) in [6, 6.07) is 7.67. The van der Waals surface area contributed by atoms with Gasteiger partial charge in [-0.25, -0.2) is 9.78 Å². The molecule has 1 saturated carbocycles. The number of methoxy groups -OCH3 is 1. The number of amides is 1.